The number of anilines is 1. The highest BCUT2D eigenvalue weighted by molar-refractivity contribution is 5.51. The third-order valence-corrected chi connectivity index (χ3v) is 4.56. The molecule has 0 bridgehead atoms. The van der Waals surface area contributed by atoms with Crippen LogP contribution in [-0.4, -0.2) is 37.1 Å². The fraction of sp³-hybridized carbons (Fsp3) is 0.647. The van der Waals surface area contributed by atoms with Gasteiger partial charge in [-0.2, -0.15) is 0 Å². The molecule has 1 aromatic rings. The molecule has 2 aliphatic heterocycles. The van der Waals surface area contributed by atoms with E-state index in [-0.39, 0.29) is 0 Å². The number of hydrogen-bond acceptors (Lipinski definition) is 3. The van der Waals surface area contributed by atoms with Crippen LogP contribution in [0.3, 0.4) is 0 Å². The second-order valence-corrected chi connectivity index (χ2v) is 6.17. The van der Waals surface area contributed by atoms with E-state index >= 15 is 0 Å². The van der Waals surface area contributed by atoms with E-state index in [0.717, 1.165) is 13.1 Å². The number of piperidine rings is 1. The zero-order chi connectivity index (χ0) is 13.6. The van der Waals surface area contributed by atoms with Crippen molar-refractivity contribution in [1.82, 2.24) is 10.2 Å². The van der Waals surface area contributed by atoms with Crippen LogP contribution in [0.1, 0.15) is 37.7 Å². The van der Waals surface area contributed by atoms with Crippen molar-refractivity contribution in [3.63, 3.8) is 0 Å². The zero-order valence-corrected chi connectivity index (χ0v) is 12.4. The Labute approximate surface area is 122 Å². The van der Waals surface area contributed by atoms with Crippen LogP contribution < -0.4 is 10.6 Å². The molecule has 3 rings (SSSR count). The first-order chi connectivity index (χ1) is 9.92. The molecule has 110 valence electrons. The molecule has 1 unspecified atom stereocenters. The SMILES string of the molecule is c1ccc(NCC2CCCCN2)c(CN2CCCC2)c1. The van der Waals surface area contributed by atoms with Gasteiger partial charge in [0.05, 0.1) is 0 Å². The van der Waals surface area contributed by atoms with Crippen molar-refractivity contribution >= 4 is 5.69 Å². The summed E-state index contributed by atoms with van der Waals surface area (Å²) in [5.74, 6) is 0. The Morgan fingerprint density at radius 2 is 1.95 bits per heavy atom. The molecule has 0 amide bonds. The van der Waals surface area contributed by atoms with Gasteiger partial charge in [-0.05, 0) is 56.9 Å². The molecule has 0 aliphatic carbocycles. The van der Waals surface area contributed by atoms with Gasteiger partial charge in [-0.15, -0.1) is 0 Å². The van der Waals surface area contributed by atoms with Crippen molar-refractivity contribution in [3.05, 3.63) is 29.8 Å². The van der Waals surface area contributed by atoms with Crippen molar-refractivity contribution in [2.75, 3.05) is 31.5 Å². The summed E-state index contributed by atoms with van der Waals surface area (Å²) in [7, 11) is 0. The summed E-state index contributed by atoms with van der Waals surface area (Å²) in [4.78, 5) is 2.57. The monoisotopic (exact) mass is 273 g/mol. The summed E-state index contributed by atoms with van der Waals surface area (Å²) >= 11 is 0. The third-order valence-electron chi connectivity index (χ3n) is 4.56. The van der Waals surface area contributed by atoms with Gasteiger partial charge in [0.2, 0.25) is 0 Å². The highest BCUT2D eigenvalue weighted by Crippen LogP contribution is 2.20. The van der Waals surface area contributed by atoms with Gasteiger partial charge < -0.3 is 10.6 Å². The van der Waals surface area contributed by atoms with E-state index in [1.165, 1.54) is 63.0 Å². The van der Waals surface area contributed by atoms with Crippen molar-refractivity contribution in [3.8, 4) is 0 Å². The topological polar surface area (TPSA) is 27.3 Å². The third kappa shape index (κ3) is 3.74. The van der Waals surface area contributed by atoms with E-state index in [1.807, 2.05) is 0 Å². The number of hydrogen-bond donors (Lipinski definition) is 2. The Hall–Kier alpha value is -1.06. The molecular formula is C17H27N3. The van der Waals surface area contributed by atoms with E-state index < -0.39 is 0 Å². The van der Waals surface area contributed by atoms with Crippen molar-refractivity contribution in [2.24, 2.45) is 0 Å². The van der Waals surface area contributed by atoms with Gasteiger partial charge in [0, 0.05) is 24.8 Å². The summed E-state index contributed by atoms with van der Waals surface area (Å²) in [5, 5.41) is 7.28. The molecule has 3 nitrogen and oxygen atoms in total. The van der Waals surface area contributed by atoms with E-state index in [1.54, 1.807) is 0 Å². The lowest BCUT2D eigenvalue weighted by molar-refractivity contribution is 0.332. The number of benzene rings is 1. The van der Waals surface area contributed by atoms with Gasteiger partial charge in [-0.25, -0.2) is 0 Å². The summed E-state index contributed by atoms with van der Waals surface area (Å²) < 4.78 is 0. The predicted molar refractivity (Wildman–Crippen MR) is 85.1 cm³/mol. The molecule has 2 heterocycles. The number of para-hydroxylation sites is 1. The van der Waals surface area contributed by atoms with Gasteiger partial charge in [0.25, 0.3) is 0 Å². The largest absolute Gasteiger partial charge is 0.383 e. The highest BCUT2D eigenvalue weighted by Gasteiger charge is 2.15. The average Bonchev–Trinajstić information content (AvgIpc) is 3.00. The molecule has 1 atom stereocenters. The number of rotatable bonds is 5. The van der Waals surface area contributed by atoms with Gasteiger partial charge in [-0.1, -0.05) is 24.6 Å². The van der Waals surface area contributed by atoms with Crippen LogP contribution in [0, 0.1) is 0 Å². The number of likely N-dealkylation sites (tertiary alicyclic amines) is 1. The molecule has 0 aromatic heterocycles. The minimum Gasteiger partial charge on any atom is -0.383 e. The first-order valence-electron chi connectivity index (χ1n) is 8.19. The van der Waals surface area contributed by atoms with Crippen LogP contribution in [0.4, 0.5) is 5.69 Å². The lowest BCUT2D eigenvalue weighted by atomic mass is 10.0. The molecule has 3 heteroatoms. The van der Waals surface area contributed by atoms with Gasteiger partial charge in [0.15, 0.2) is 0 Å². The Kier molecular flexibility index (Phi) is 4.93. The van der Waals surface area contributed by atoms with Crippen molar-refractivity contribution < 1.29 is 0 Å². The van der Waals surface area contributed by atoms with Gasteiger partial charge in [-0.3, -0.25) is 4.90 Å². The normalized spacial score (nSPS) is 23.9. The molecule has 2 aliphatic rings. The highest BCUT2D eigenvalue weighted by atomic mass is 15.1. The zero-order valence-electron chi connectivity index (χ0n) is 12.4. The van der Waals surface area contributed by atoms with Crippen LogP contribution >= 0.6 is 0 Å². The van der Waals surface area contributed by atoms with Gasteiger partial charge >= 0.3 is 0 Å². The Morgan fingerprint density at radius 3 is 2.75 bits per heavy atom. The quantitative estimate of drug-likeness (QED) is 0.864. The van der Waals surface area contributed by atoms with E-state index in [9.17, 15) is 0 Å². The van der Waals surface area contributed by atoms with Crippen molar-refractivity contribution in [2.45, 2.75) is 44.7 Å². The first kappa shape index (κ1) is 13.9. The standard InChI is InChI=1S/C17H27N3/c1-2-9-17(19-13-16-8-3-4-10-18-16)15(7-1)14-20-11-5-6-12-20/h1-2,7,9,16,18-19H,3-6,8,10-14H2. The molecule has 1 aromatic carbocycles. The molecule has 0 radical (unpaired) electrons. The number of nitrogens with zero attached hydrogens (tertiary/aromatic N) is 1. The van der Waals surface area contributed by atoms with Crippen LogP contribution in [0.15, 0.2) is 24.3 Å². The lowest BCUT2D eigenvalue weighted by Gasteiger charge is -2.25. The Bertz CT molecular complexity index is 406. The molecule has 2 fully saturated rings. The molecule has 2 saturated heterocycles. The van der Waals surface area contributed by atoms with Gasteiger partial charge in [0.1, 0.15) is 0 Å². The summed E-state index contributed by atoms with van der Waals surface area (Å²) in [5.41, 5.74) is 2.77. The van der Waals surface area contributed by atoms with E-state index in [0.29, 0.717) is 6.04 Å². The minimum absolute atomic E-state index is 0.642. The van der Waals surface area contributed by atoms with Crippen LogP contribution in [-0.2, 0) is 6.54 Å². The molecule has 20 heavy (non-hydrogen) atoms. The van der Waals surface area contributed by atoms with Crippen LogP contribution in [0.5, 0.6) is 0 Å². The van der Waals surface area contributed by atoms with E-state index in [4.69, 9.17) is 0 Å². The number of nitrogens with one attached hydrogen (secondary N) is 2. The fourth-order valence-electron chi connectivity index (χ4n) is 3.34. The Morgan fingerprint density at radius 1 is 1.10 bits per heavy atom. The second kappa shape index (κ2) is 7.09. The molecular weight excluding hydrogens is 246 g/mol. The van der Waals surface area contributed by atoms with Crippen molar-refractivity contribution in [1.29, 1.82) is 0 Å². The maximum absolute atomic E-state index is 3.67. The Balaban J connectivity index is 1.57. The average molecular weight is 273 g/mol. The molecule has 0 saturated carbocycles. The maximum Gasteiger partial charge on any atom is 0.0386 e. The maximum atomic E-state index is 3.67. The minimum atomic E-state index is 0.642. The smallest absolute Gasteiger partial charge is 0.0386 e. The predicted octanol–water partition coefficient (Wildman–Crippen LogP) is 2.84. The lowest BCUT2D eigenvalue weighted by Crippen LogP contribution is -2.39. The van der Waals surface area contributed by atoms with Crippen LogP contribution in [0.25, 0.3) is 0 Å². The first-order valence-corrected chi connectivity index (χ1v) is 8.19. The summed E-state index contributed by atoms with van der Waals surface area (Å²) in [6.07, 6.45) is 6.74. The van der Waals surface area contributed by atoms with E-state index in [2.05, 4.69) is 39.8 Å². The molecule has 0 spiro atoms. The molecule has 2 N–H and O–H groups in total. The second-order valence-electron chi connectivity index (χ2n) is 6.17. The van der Waals surface area contributed by atoms with Crippen LogP contribution in [0.2, 0.25) is 0 Å². The summed E-state index contributed by atoms with van der Waals surface area (Å²) in [6, 6.07) is 9.45. The fourth-order valence-corrected chi connectivity index (χ4v) is 3.34. The summed E-state index contributed by atoms with van der Waals surface area (Å²) in [6.45, 7) is 5.86.